The van der Waals surface area contributed by atoms with Crippen LogP contribution in [0.1, 0.15) is 23.0 Å². The lowest BCUT2D eigenvalue weighted by Crippen LogP contribution is -1.84. The molecule has 0 aliphatic heterocycles. The van der Waals surface area contributed by atoms with Crippen LogP contribution in [0.15, 0.2) is 0 Å². The van der Waals surface area contributed by atoms with Gasteiger partial charge in [0, 0.05) is 9.14 Å². The van der Waals surface area contributed by atoms with Gasteiger partial charge in [-0.15, -0.1) is 0 Å². The van der Waals surface area contributed by atoms with Crippen molar-refractivity contribution in [1.82, 2.24) is 0 Å². The largest absolute Gasteiger partial charge is 0.303 e. The molecule has 0 aromatic carbocycles. The average Bonchev–Trinajstić information content (AvgIpc) is 1.62. The van der Waals surface area contributed by atoms with Crippen LogP contribution < -0.4 is 0 Å². The lowest BCUT2D eigenvalue weighted by Gasteiger charge is -1.89. The summed E-state index contributed by atoms with van der Waals surface area (Å²) in [5.41, 5.74) is 0. The van der Waals surface area contributed by atoms with Crippen molar-refractivity contribution >= 4 is 6.29 Å². The molecule has 0 N–H and O–H groups in total. The van der Waals surface area contributed by atoms with E-state index in [-0.39, 0.29) is 0 Å². The van der Waals surface area contributed by atoms with Crippen molar-refractivity contribution in [3.8, 4) is 0 Å². The van der Waals surface area contributed by atoms with Crippen molar-refractivity contribution in [3.05, 3.63) is 0 Å². The highest BCUT2D eigenvalue weighted by Gasteiger charge is 1.85. The van der Waals surface area contributed by atoms with Gasteiger partial charge in [0.15, 0.2) is 0 Å². The van der Waals surface area contributed by atoms with Gasteiger partial charge in [0.2, 0.25) is 0 Å². The number of hydrogen-bond donors (Lipinski definition) is 0. The molecule has 0 aliphatic carbocycles. The molecule has 0 fully saturated rings. The second-order valence-electron chi connectivity index (χ2n) is 1.38. The smallest absolute Gasteiger partial charge is 0.120 e. The number of carbonyl (C=O) groups is 1. The Morgan fingerprint density at radius 3 is 2.67 bits per heavy atom. The molecule has 1 nitrogen and oxygen atoms in total. The molecule has 0 radical (unpaired) electrons. The highest BCUT2D eigenvalue weighted by atomic mass is 16.1. The Hall–Kier alpha value is -0.330. The Kier molecular flexibility index (Phi) is 1.34. The van der Waals surface area contributed by atoms with Crippen LogP contribution in [-0.2, 0) is 4.79 Å². The Balaban J connectivity index is 3.80. The topological polar surface area (TPSA) is 17.1 Å². The molecule has 0 aromatic rings. The van der Waals surface area contributed by atoms with Crippen LogP contribution in [0.5, 0.6) is 0 Å². The molecule has 1 heteroatoms. The van der Waals surface area contributed by atoms with Crippen LogP contribution in [0.3, 0.4) is 0 Å². The van der Waals surface area contributed by atoms with E-state index in [1.807, 2.05) is 0 Å². The van der Waals surface area contributed by atoms with Gasteiger partial charge in [-0.25, -0.2) is 0 Å². The molecule has 0 aromatic heterocycles. The fraction of sp³-hybridized carbons (Fsp3) is 0.800. The highest BCUT2D eigenvalue weighted by molar-refractivity contribution is 5.49. The predicted molar refractivity (Wildman–Crippen MR) is 25.5 cm³/mol. The van der Waals surface area contributed by atoms with Gasteiger partial charge in [0.1, 0.15) is 6.29 Å². The van der Waals surface area contributed by atoms with Crippen molar-refractivity contribution in [2.45, 2.75) is 20.2 Å². The van der Waals surface area contributed by atoms with Gasteiger partial charge in [0.05, 0.1) is 0 Å². The molecule has 1 unspecified atom stereocenters. The van der Waals surface area contributed by atoms with Gasteiger partial charge in [-0.1, -0.05) is 13.8 Å². The van der Waals surface area contributed by atoms with Gasteiger partial charge in [-0.3, -0.25) is 0 Å². The second-order valence-corrected chi connectivity index (χ2v) is 1.38. The standard InChI is InChI=1S/C5H10O/c1-5(2)3-4-6/h4-5H,3H2,1-2H3/i3D,5D. The summed E-state index contributed by atoms with van der Waals surface area (Å²) in [7, 11) is 0. The maximum Gasteiger partial charge on any atom is 0.120 e. The van der Waals surface area contributed by atoms with Crippen molar-refractivity contribution < 1.29 is 7.54 Å². The summed E-state index contributed by atoms with van der Waals surface area (Å²) in [4.78, 5) is 9.84. The van der Waals surface area contributed by atoms with Crippen molar-refractivity contribution in [3.63, 3.8) is 0 Å². The minimum absolute atomic E-state index is 0.479. The van der Waals surface area contributed by atoms with E-state index >= 15 is 0 Å². The zero-order valence-electron chi connectivity index (χ0n) is 6.06. The quantitative estimate of drug-likeness (QED) is 0.464. The molecule has 0 saturated heterocycles. The molecular weight excluding hydrogens is 76.1 g/mol. The molecule has 0 rings (SSSR count). The van der Waals surface area contributed by atoms with Crippen LogP contribution in [0.2, 0.25) is 0 Å². The zero-order valence-corrected chi connectivity index (χ0v) is 4.06. The third-order valence-electron chi connectivity index (χ3n) is 0.401. The van der Waals surface area contributed by atoms with Crippen molar-refractivity contribution in [2.75, 3.05) is 0 Å². The monoisotopic (exact) mass is 88.1 g/mol. The molecule has 6 heavy (non-hydrogen) atoms. The van der Waals surface area contributed by atoms with Crippen LogP contribution in [-0.4, -0.2) is 6.29 Å². The van der Waals surface area contributed by atoms with Crippen LogP contribution in [0.25, 0.3) is 0 Å². The molecule has 0 amide bonds. The SMILES string of the molecule is [2H]C(C=O)C([2H])(C)C. The first-order valence-electron chi connectivity index (χ1n) is 2.94. The first-order valence-corrected chi connectivity index (χ1v) is 1.86. The van der Waals surface area contributed by atoms with Crippen molar-refractivity contribution in [1.29, 1.82) is 0 Å². The summed E-state index contributed by atoms with van der Waals surface area (Å²) in [5.74, 6) is -0.943. The first-order chi connectivity index (χ1) is 3.48. The third kappa shape index (κ3) is 3.67. The minimum Gasteiger partial charge on any atom is -0.303 e. The van der Waals surface area contributed by atoms with E-state index in [4.69, 9.17) is 2.74 Å². The van der Waals surface area contributed by atoms with Gasteiger partial charge in [-0.05, 0) is 5.89 Å². The lowest BCUT2D eigenvalue weighted by atomic mass is 10.2. The Bertz CT molecular complexity index is 84.9. The maximum atomic E-state index is 9.84. The van der Waals surface area contributed by atoms with E-state index in [9.17, 15) is 4.79 Å². The van der Waals surface area contributed by atoms with E-state index in [2.05, 4.69) is 0 Å². The molecule has 0 aliphatic rings. The van der Waals surface area contributed by atoms with Crippen molar-refractivity contribution in [2.24, 2.45) is 5.89 Å². The third-order valence-corrected chi connectivity index (χ3v) is 0.401. The zero-order chi connectivity index (χ0) is 6.78. The van der Waals surface area contributed by atoms with Crippen LogP contribution in [0, 0.1) is 5.89 Å². The van der Waals surface area contributed by atoms with Gasteiger partial charge in [0.25, 0.3) is 0 Å². The summed E-state index contributed by atoms with van der Waals surface area (Å²) in [6.07, 6.45) is -0.435. The molecule has 36 valence electrons. The Labute approximate surface area is 41.2 Å². The Morgan fingerprint density at radius 2 is 2.67 bits per heavy atom. The average molecular weight is 88.1 g/mol. The summed E-state index contributed by atoms with van der Waals surface area (Å²) in [5, 5.41) is 0. The minimum atomic E-state index is -0.943. The molecule has 0 saturated carbocycles. The molecule has 0 spiro atoms. The van der Waals surface area contributed by atoms with Gasteiger partial charge in [-0.2, -0.15) is 0 Å². The number of rotatable bonds is 2. The highest BCUT2D eigenvalue weighted by Crippen LogP contribution is 1.92. The summed E-state index contributed by atoms with van der Waals surface area (Å²) in [6.45, 7) is 3.08. The molecule has 0 heterocycles. The van der Waals surface area contributed by atoms with E-state index in [1.165, 1.54) is 0 Å². The molecule has 0 bridgehead atoms. The first kappa shape index (κ1) is 2.78. The second kappa shape index (κ2) is 2.88. The Morgan fingerprint density at radius 1 is 2.17 bits per heavy atom. The van der Waals surface area contributed by atoms with Crippen LogP contribution >= 0.6 is 0 Å². The normalized spacial score (nSPS) is 21.0. The van der Waals surface area contributed by atoms with E-state index in [1.54, 1.807) is 13.8 Å². The molecule has 1 atom stereocenters. The lowest BCUT2D eigenvalue weighted by molar-refractivity contribution is -0.108. The van der Waals surface area contributed by atoms with Gasteiger partial charge < -0.3 is 4.79 Å². The van der Waals surface area contributed by atoms with E-state index in [0.29, 0.717) is 6.29 Å². The summed E-state index contributed by atoms with van der Waals surface area (Å²) < 4.78 is 14.0. The van der Waals surface area contributed by atoms with Gasteiger partial charge >= 0.3 is 0 Å². The number of aldehydes is 1. The van der Waals surface area contributed by atoms with E-state index in [0.717, 1.165) is 0 Å². The fourth-order valence-electron chi connectivity index (χ4n) is 0.136. The van der Waals surface area contributed by atoms with Crippen LogP contribution in [0.4, 0.5) is 0 Å². The molecular formula is C5H10O. The van der Waals surface area contributed by atoms with E-state index < -0.39 is 12.3 Å². The number of carbonyl (C=O) groups excluding carboxylic acids is 1. The number of hydrogen-bond acceptors (Lipinski definition) is 1. The summed E-state index contributed by atoms with van der Waals surface area (Å²) >= 11 is 0. The summed E-state index contributed by atoms with van der Waals surface area (Å²) in [6, 6.07) is 0. The maximum absolute atomic E-state index is 9.84. The fourth-order valence-corrected chi connectivity index (χ4v) is 0.136. The predicted octanol–water partition coefficient (Wildman–Crippen LogP) is 1.23.